The smallest absolute Gasteiger partial charge is 0.156 e. The molecule has 2 aromatic rings. The van der Waals surface area contributed by atoms with Crippen LogP contribution in [0.4, 0.5) is 0 Å². The third kappa shape index (κ3) is 2.77. The highest BCUT2D eigenvalue weighted by atomic mass is 35.5. The fraction of sp³-hybridized carbons (Fsp3) is 0.100. The van der Waals surface area contributed by atoms with Gasteiger partial charge < -0.3 is 5.73 Å². The van der Waals surface area contributed by atoms with Crippen molar-refractivity contribution >= 4 is 40.5 Å². The summed E-state index contributed by atoms with van der Waals surface area (Å²) in [7, 11) is 0. The van der Waals surface area contributed by atoms with Crippen LogP contribution in [0.15, 0.2) is 27.0 Å². The number of rotatable bonds is 3. The molecule has 0 amide bonds. The van der Waals surface area contributed by atoms with Crippen LogP contribution in [0.25, 0.3) is 0 Å². The number of halogens is 1. The lowest BCUT2D eigenvalue weighted by atomic mass is 10.2. The number of thiazole rings is 1. The average molecular weight is 285 g/mol. The summed E-state index contributed by atoms with van der Waals surface area (Å²) in [5, 5.41) is 10.4. The molecule has 0 bridgehead atoms. The molecule has 2 aromatic heterocycles. The van der Waals surface area contributed by atoms with Crippen LogP contribution in [-0.4, -0.2) is 15.8 Å². The number of hydrogen-bond acceptors (Lipinski definition) is 5. The molecule has 0 fully saturated rings. The van der Waals surface area contributed by atoms with Gasteiger partial charge in [-0.1, -0.05) is 11.6 Å². The molecule has 0 saturated heterocycles. The van der Waals surface area contributed by atoms with Gasteiger partial charge in [0.15, 0.2) is 4.34 Å². The molecule has 0 unspecified atom stereocenters. The van der Waals surface area contributed by atoms with Gasteiger partial charge in [-0.25, -0.2) is 9.97 Å². The van der Waals surface area contributed by atoms with Gasteiger partial charge in [0.25, 0.3) is 0 Å². The number of nitrogens with zero attached hydrogens (tertiary/aromatic N) is 2. The number of nitrogens with one attached hydrogen (secondary N) is 1. The van der Waals surface area contributed by atoms with Crippen molar-refractivity contribution in [3.8, 4) is 0 Å². The molecule has 88 valence electrons. The lowest BCUT2D eigenvalue weighted by Crippen LogP contribution is -2.12. The van der Waals surface area contributed by atoms with Gasteiger partial charge >= 0.3 is 0 Å². The first kappa shape index (κ1) is 12.3. The molecule has 0 spiro atoms. The summed E-state index contributed by atoms with van der Waals surface area (Å²) in [5.41, 5.74) is 6.90. The zero-order valence-electron chi connectivity index (χ0n) is 8.90. The molecule has 0 aliphatic carbocycles. The van der Waals surface area contributed by atoms with Crippen molar-refractivity contribution in [2.45, 2.75) is 16.3 Å². The van der Waals surface area contributed by atoms with Crippen LogP contribution in [0.3, 0.4) is 0 Å². The minimum atomic E-state index is -0.0606. The summed E-state index contributed by atoms with van der Waals surface area (Å²) in [4.78, 5) is 8.49. The molecule has 0 saturated carbocycles. The molecule has 0 radical (unpaired) electrons. The number of nitrogens with two attached hydrogens (primary N) is 1. The second-order valence-corrected chi connectivity index (χ2v) is 5.72. The van der Waals surface area contributed by atoms with Crippen LogP contribution < -0.4 is 5.73 Å². The fourth-order valence-electron chi connectivity index (χ4n) is 1.17. The van der Waals surface area contributed by atoms with Gasteiger partial charge in [-0.15, -0.1) is 11.3 Å². The number of nitrogen functional groups attached to an aromatic ring is 1. The van der Waals surface area contributed by atoms with E-state index in [1.165, 1.54) is 23.1 Å². The minimum absolute atomic E-state index is 0.0606. The highest BCUT2D eigenvalue weighted by Gasteiger charge is 2.12. The van der Waals surface area contributed by atoms with Crippen molar-refractivity contribution in [2.24, 2.45) is 5.73 Å². The predicted octanol–water partition coefficient (Wildman–Crippen LogP) is 2.94. The van der Waals surface area contributed by atoms with Gasteiger partial charge in [0, 0.05) is 22.8 Å². The maximum Gasteiger partial charge on any atom is 0.156 e. The second kappa shape index (κ2) is 5.03. The van der Waals surface area contributed by atoms with Crippen LogP contribution in [0.2, 0.25) is 5.02 Å². The van der Waals surface area contributed by atoms with Crippen molar-refractivity contribution in [1.82, 2.24) is 9.97 Å². The highest BCUT2D eigenvalue weighted by molar-refractivity contribution is 8.01. The van der Waals surface area contributed by atoms with E-state index in [1.807, 2.05) is 12.3 Å². The van der Waals surface area contributed by atoms with Crippen LogP contribution >= 0.6 is 34.7 Å². The molecule has 2 heterocycles. The Morgan fingerprint density at radius 2 is 2.35 bits per heavy atom. The van der Waals surface area contributed by atoms with Crippen molar-refractivity contribution < 1.29 is 0 Å². The van der Waals surface area contributed by atoms with Crippen LogP contribution in [-0.2, 0) is 0 Å². The van der Waals surface area contributed by atoms with Gasteiger partial charge in [0.05, 0.1) is 5.02 Å². The van der Waals surface area contributed by atoms with E-state index in [0.717, 1.165) is 10.0 Å². The third-order valence-electron chi connectivity index (χ3n) is 1.93. The van der Waals surface area contributed by atoms with Crippen LogP contribution in [0.1, 0.15) is 11.3 Å². The van der Waals surface area contributed by atoms with Gasteiger partial charge in [0.1, 0.15) is 10.9 Å². The van der Waals surface area contributed by atoms with E-state index >= 15 is 0 Å². The summed E-state index contributed by atoms with van der Waals surface area (Å²) in [5.74, 6) is -0.0606. The Labute approximate surface area is 112 Å². The van der Waals surface area contributed by atoms with E-state index in [4.69, 9.17) is 22.7 Å². The summed E-state index contributed by atoms with van der Waals surface area (Å²) >= 11 is 9.05. The maximum atomic E-state index is 7.40. The number of aromatic nitrogens is 2. The SMILES string of the molecule is Cc1csc(Sc2nccc(C(=N)N)c2Cl)n1. The van der Waals surface area contributed by atoms with Gasteiger partial charge in [-0.2, -0.15) is 0 Å². The number of pyridine rings is 1. The van der Waals surface area contributed by atoms with E-state index in [0.29, 0.717) is 15.6 Å². The van der Waals surface area contributed by atoms with Crippen LogP contribution in [0.5, 0.6) is 0 Å². The molecule has 0 atom stereocenters. The first-order valence-corrected chi connectivity index (χ1v) is 6.74. The summed E-state index contributed by atoms with van der Waals surface area (Å²) < 4.78 is 0.873. The standard InChI is InChI=1S/C10H9ClN4S2/c1-5-4-16-10(15-5)17-9-7(11)6(8(12)13)2-3-14-9/h2-4H,1H3,(H3,12,13). The van der Waals surface area contributed by atoms with Crippen LogP contribution in [0, 0.1) is 12.3 Å². The molecule has 2 rings (SSSR count). The molecule has 7 heteroatoms. The molecular weight excluding hydrogens is 276 g/mol. The van der Waals surface area contributed by atoms with Crippen molar-refractivity contribution in [3.05, 3.63) is 33.9 Å². The third-order valence-corrected chi connectivity index (χ3v) is 4.48. The van der Waals surface area contributed by atoms with Crippen molar-refractivity contribution in [3.63, 3.8) is 0 Å². The van der Waals surface area contributed by atoms with Crippen molar-refractivity contribution in [1.29, 1.82) is 5.41 Å². The van der Waals surface area contributed by atoms with E-state index in [1.54, 1.807) is 12.3 Å². The molecular formula is C10H9ClN4S2. The first-order chi connectivity index (χ1) is 8.08. The monoisotopic (exact) mass is 284 g/mol. The van der Waals surface area contributed by atoms with Gasteiger partial charge in [-0.3, -0.25) is 5.41 Å². The Hall–Kier alpha value is -1.11. The molecule has 4 nitrogen and oxygen atoms in total. The largest absolute Gasteiger partial charge is 0.384 e. The fourth-order valence-corrected chi connectivity index (χ4v) is 3.26. The van der Waals surface area contributed by atoms with E-state index < -0.39 is 0 Å². The molecule has 17 heavy (non-hydrogen) atoms. The molecule has 0 aliphatic rings. The Kier molecular flexibility index (Phi) is 3.66. The van der Waals surface area contributed by atoms with E-state index in [-0.39, 0.29) is 5.84 Å². The first-order valence-electron chi connectivity index (χ1n) is 4.67. The Balaban J connectivity index is 2.33. The summed E-state index contributed by atoms with van der Waals surface area (Å²) in [6.07, 6.45) is 1.59. The summed E-state index contributed by atoms with van der Waals surface area (Å²) in [6.45, 7) is 1.93. The topological polar surface area (TPSA) is 75.7 Å². The lowest BCUT2D eigenvalue weighted by molar-refractivity contribution is 1.11. The molecule has 0 aliphatic heterocycles. The summed E-state index contributed by atoms with van der Waals surface area (Å²) in [6, 6.07) is 1.63. The van der Waals surface area contributed by atoms with E-state index in [2.05, 4.69) is 9.97 Å². The normalized spacial score (nSPS) is 10.5. The average Bonchev–Trinajstić information content (AvgIpc) is 2.67. The Morgan fingerprint density at radius 3 is 2.94 bits per heavy atom. The number of hydrogen-bond donors (Lipinski definition) is 2. The van der Waals surface area contributed by atoms with E-state index in [9.17, 15) is 0 Å². The maximum absolute atomic E-state index is 7.40. The minimum Gasteiger partial charge on any atom is -0.384 e. The Morgan fingerprint density at radius 1 is 1.59 bits per heavy atom. The lowest BCUT2D eigenvalue weighted by Gasteiger charge is -2.05. The zero-order chi connectivity index (χ0) is 12.4. The highest BCUT2D eigenvalue weighted by Crippen LogP contribution is 2.34. The quantitative estimate of drug-likeness (QED) is 0.671. The van der Waals surface area contributed by atoms with Gasteiger partial charge in [0.2, 0.25) is 0 Å². The van der Waals surface area contributed by atoms with Crippen molar-refractivity contribution in [2.75, 3.05) is 0 Å². The number of aryl methyl sites for hydroxylation is 1. The number of amidine groups is 1. The molecule has 0 aromatic carbocycles. The molecule has 3 N–H and O–H groups in total. The second-order valence-electron chi connectivity index (χ2n) is 3.25. The predicted molar refractivity (Wildman–Crippen MR) is 71.2 cm³/mol. The zero-order valence-corrected chi connectivity index (χ0v) is 11.3. The van der Waals surface area contributed by atoms with Gasteiger partial charge in [-0.05, 0) is 24.8 Å². The Bertz CT molecular complexity index is 567.